The second kappa shape index (κ2) is 9.29. The Hall–Kier alpha value is -1.89. The van der Waals surface area contributed by atoms with Crippen LogP contribution in [0.15, 0.2) is 30.3 Å². The number of rotatable bonds is 7. The van der Waals surface area contributed by atoms with Gasteiger partial charge < -0.3 is 15.2 Å². The molecule has 6 nitrogen and oxygen atoms in total. The maximum absolute atomic E-state index is 11.9. The summed E-state index contributed by atoms with van der Waals surface area (Å²) in [6, 6.07) is 7.56. The summed E-state index contributed by atoms with van der Waals surface area (Å²) in [5.41, 5.74) is 0.928. The van der Waals surface area contributed by atoms with Crippen LogP contribution in [0.3, 0.4) is 0 Å². The number of ether oxygens (including phenoxy) is 1. The van der Waals surface area contributed by atoms with Gasteiger partial charge in [-0.05, 0) is 23.8 Å². The fraction of sp³-hybridized carbons (Fsp3) is 0.471. The van der Waals surface area contributed by atoms with Crippen LogP contribution < -0.4 is 10.1 Å². The Morgan fingerprint density at radius 1 is 1.30 bits per heavy atom. The van der Waals surface area contributed by atoms with Gasteiger partial charge in [0.1, 0.15) is 5.75 Å². The molecule has 1 heterocycles. The van der Waals surface area contributed by atoms with Crippen LogP contribution >= 0.6 is 0 Å². The van der Waals surface area contributed by atoms with Crippen LogP contribution in [-0.4, -0.2) is 73.9 Å². The number of nitrogens with zero attached hydrogens (tertiary/aromatic N) is 2. The normalized spacial score (nSPS) is 16.6. The highest BCUT2D eigenvalue weighted by Crippen LogP contribution is 2.13. The van der Waals surface area contributed by atoms with E-state index in [4.69, 9.17) is 9.84 Å². The van der Waals surface area contributed by atoms with Crippen molar-refractivity contribution in [1.29, 1.82) is 0 Å². The zero-order valence-electron chi connectivity index (χ0n) is 13.6. The summed E-state index contributed by atoms with van der Waals surface area (Å²) in [5.74, 6) is 0.666. The van der Waals surface area contributed by atoms with Gasteiger partial charge >= 0.3 is 0 Å². The minimum atomic E-state index is -0.106. The zero-order valence-corrected chi connectivity index (χ0v) is 13.6. The molecule has 2 rings (SSSR count). The highest BCUT2D eigenvalue weighted by Gasteiger charge is 2.15. The van der Waals surface area contributed by atoms with E-state index in [1.54, 1.807) is 13.2 Å². The fourth-order valence-electron chi connectivity index (χ4n) is 2.48. The number of nitrogens with one attached hydrogen (secondary N) is 1. The number of amides is 1. The lowest BCUT2D eigenvalue weighted by Crippen LogP contribution is -2.50. The molecule has 1 amide bonds. The van der Waals surface area contributed by atoms with Gasteiger partial charge in [-0.2, -0.15) is 0 Å². The summed E-state index contributed by atoms with van der Waals surface area (Å²) >= 11 is 0. The fourth-order valence-corrected chi connectivity index (χ4v) is 2.48. The van der Waals surface area contributed by atoms with E-state index in [0.717, 1.165) is 44.0 Å². The SMILES string of the molecule is COc1cccc(/C=C/C(=O)NCN2CCN(CCO)CC2)c1. The maximum atomic E-state index is 11.9. The van der Waals surface area contributed by atoms with Crippen LogP contribution in [0.25, 0.3) is 6.08 Å². The van der Waals surface area contributed by atoms with E-state index in [1.165, 1.54) is 6.08 Å². The molecule has 1 aliphatic heterocycles. The van der Waals surface area contributed by atoms with Crippen LogP contribution in [0.2, 0.25) is 0 Å². The smallest absolute Gasteiger partial charge is 0.245 e. The number of carbonyl (C=O) groups excluding carboxylic acids is 1. The molecule has 126 valence electrons. The van der Waals surface area contributed by atoms with Gasteiger partial charge in [0.25, 0.3) is 0 Å². The van der Waals surface area contributed by atoms with E-state index in [0.29, 0.717) is 6.67 Å². The number of piperazine rings is 1. The highest BCUT2D eigenvalue weighted by molar-refractivity contribution is 5.91. The van der Waals surface area contributed by atoms with Crippen molar-refractivity contribution in [2.75, 3.05) is 53.1 Å². The molecule has 1 aliphatic rings. The second-order valence-corrected chi connectivity index (χ2v) is 5.49. The number of hydrogen-bond acceptors (Lipinski definition) is 5. The molecule has 0 aliphatic carbocycles. The number of aliphatic hydroxyl groups is 1. The summed E-state index contributed by atoms with van der Waals surface area (Å²) in [6.45, 7) is 5.13. The van der Waals surface area contributed by atoms with Crippen molar-refractivity contribution >= 4 is 12.0 Å². The van der Waals surface area contributed by atoms with Crippen molar-refractivity contribution in [2.24, 2.45) is 0 Å². The van der Waals surface area contributed by atoms with Gasteiger partial charge in [0.15, 0.2) is 0 Å². The van der Waals surface area contributed by atoms with Gasteiger partial charge in [-0.3, -0.25) is 14.6 Å². The van der Waals surface area contributed by atoms with Gasteiger partial charge in [-0.1, -0.05) is 12.1 Å². The van der Waals surface area contributed by atoms with E-state index in [-0.39, 0.29) is 12.5 Å². The first-order valence-corrected chi connectivity index (χ1v) is 7.87. The lowest BCUT2D eigenvalue weighted by atomic mass is 10.2. The van der Waals surface area contributed by atoms with E-state index < -0.39 is 0 Å². The molecule has 0 aromatic heterocycles. The van der Waals surface area contributed by atoms with Crippen LogP contribution in [0.4, 0.5) is 0 Å². The zero-order chi connectivity index (χ0) is 16.5. The summed E-state index contributed by atoms with van der Waals surface area (Å²) in [5, 5.41) is 11.8. The molecule has 0 atom stereocenters. The van der Waals surface area contributed by atoms with Crippen molar-refractivity contribution < 1.29 is 14.6 Å². The molecule has 0 spiro atoms. The lowest BCUT2D eigenvalue weighted by molar-refractivity contribution is -0.117. The third-order valence-corrected chi connectivity index (χ3v) is 3.88. The minimum Gasteiger partial charge on any atom is -0.497 e. The molecule has 1 saturated heterocycles. The first-order valence-electron chi connectivity index (χ1n) is 7.87. The predicted octanol–water partition coefficient (Wildman–Crippen LogP) is 0.392. The molecular weight excluding hydrogens is 294 g/mol. The van der Waals surface area contributed by atoms with E-state index >= 15 is 0 Å². The molecule has 23 heavy (non-hydrogen) atoms. The summed E-state index contributed by atoms with van der Waals surface area (Å²) in [7, 11) is 1.62. The summed E-state index contributed by atoms with van der Waals surface area (Å²) in [4.78, 5) is 16.3. The number of carbonyl (C=O) groups is 1. The number of methoxy groups -OCH3 is 1. The third kappa shape index (κ3) is 6.02. The Morgan fingerprint density at radius 3 is 2.74 bits per heavy atom. The Bertz CT molecular complexity index is 526. The van der Waals surface area contributed by atoms with Crippen molar-refractivity contribution in [1.82, 2.24) is 15.1 Å². The molecule has 0 saturated carbocycles. The molecule has 0 unspecified atom stereocenters. The topological polar surface area (TPSA) is 65.0 Å². The molecule has 1 aromatic rings. The van der Waals surface area contributed by atoms with E-state index in [2.05, 4.69) is 15.1 Å². The van der Waals surface area contributed by atoms with Gasteiger partial charge in [0.05, 0.1) is 20.4 Å². The predicted molar refractivity (Wildman–Crippen MR) is 90.1 cm³/mol. The van der Waals surface area contributed by atoms with Crippen LogP contribution in [0.5, 0.6) is 5.75 Å². The first-order chi connectivity index (χ1) is 11.2. The number of hydrogen-bond donors (Lipinski definition) is 2. The number of aliphatic hydroxyl groups excluding tert-OH is 1. The monoisotopic (exact) mass is 319 g/mol. The summed E-state index contributed by atoms with van der Waals surface area (Å²) < 4.78 is 5.15. The lowest BCUT2D eigenvalue weighted by Gasteiger charge is -2.34. The van der Waals surface area contributed by atoms with Gasteiger partial charge in [0, 0.05) is 38.8 Å². The van der Waals surface area contributed by atoms with Crippen molar-refractivity contribution in [3.05, 3.63) is 35.9 Å². The Kier molecular flexibility index (Phi) is 7.06. The molecule has 2 N–H and O–H groups in total. The van der Waals surface area contributed by atoms with E-state index in [1.807, 2.05) is 24.3 Å². The largest absolute Gasteiger partial charge is 0.497 e. The van der Waals surface area contributed by atoms with Crippen LogP contribution in [0, 0.1) is 0 Å². The average molecular weight is 319 g/mol. The average Bonchev–Trinajstić information content (AvgIpc) is 2.60. The summed E-state index contributed by atoms with van der Waals surface area (Å²) in [6.07, 6.45) is 3.31. The minimum absolute atomic E-state index is 0.106. The third-order valence-electron chi connectivity index (χ3n) is 3.88. The number of benzene rings is 1. The van der Waals surface area contributed by atoms with E-state index in [9.17, 15) is 4.79 Å². The van der Waals surface area contributed by atoms with Crippen molar-refractivity contribution in [3.8, 4) is 5.75 Å². The number of β-amino-alcohol motifs (C(OH)–C–C–N with tert-alkyl or cyclic N) is 1. The Balaban J connectivity index is 1.72. The molecule has 6 heteroatoms. The van der Waals surface area contributed by atoms with Crippen LogP contribution in [-0.2, 0) is 4.79 Å². The van der Waals surface area contributed by atoms with Gasteiger partial charge in [-0.15, -0.1) is 0 Å². The maximum Gasteiger partial charge on any atom is 0.245 e. The molecule has 1 aromatic carbocycles. The second-order valence-electron chi connectivity index (χ2n) is 5.49. The first kappa shape index (κ1) is 17.5. The molecule has 1 fully saturated rings. The van der Waals surface area contributed by atoms with Crippen LogP contribution in [0.1, 0.15) is 5.56 Å². The van der Waals surface area contributed by atoms with Crippen molar-refractivity contribution in [3.63, 3.8) is 0 Å². The molecule has 0 bridgehead atoms. The molecule has 0 radical (unpaired) electrons. The van der Waals surface area contributed by atoms with Crippen molar-refractivity contribution in [2.45, 2.75) is 0 Å². The molecular formula is C17H25N3O3. The van der Waals surface area contributed by atoms with Gasteiger partial charge in [0.2, 0.25) is 5.91 Å². The highest BCUT2D eigenvalue weighted by atomic mass is 16.5. The Labute approximate surface area is 137 Å². The van der Waals surface area contributed by atoms with Gasteiger partial charge in [-0.25, -0.2) is 0 Å². The quantitative estimate of drug-likeness (QED) is 0.712. The Morgan fingerprint density at radius 2 is 2.04 bits per heavy atom. The standard InChI is InChI=1S/C17H25N3O3/c1-23-16-4-2-3-15(13-16)5-6-17(22)18-14-20-9-7-19(8-10-20)11-12-21/h2-6,13,21H,7-12,14H2,1H3,(H,18,22)/b6-5+.